The minimum absolute atomic E-state index is 0.177. The van der Waals surface area contributed by atoms with Crippen molar-refractivity contribution in [1.29, 1.82) is 0 Å². The van der Waals surface area contributed by atoms with E-state index in [2.05, 4.69) is 10.6 Å². The van der Waals surface area contributed by atoms with E-state index in [0.717, 1.165) is 38.5 Å². The van der Waals surface area contributed by atoms with Crippen LogP contribution in [-0.2, 0) is 9.59 Å². The second kappa shape index (κ2) is 9.02. The number of nitrogens with one attached hydrogen (secondary N) is 2. The second-order valence-corrected chi connectivity index (χ2v) is 7.66. The van der Waals surface area contributed by atoms with Gasteiger partial charge in [0.25, 0.3) is 5.91 Å². The van der Waals surface area contributed by atoms with Crippen molar-refractivity contribution in [1.82, 2.24) is 5.32 Å². The van der Waals surface area contributed by atoms with Crippen LogP contribution in [0.3, 0.4) is 0 Å². The Kier molecular flexibility index (Phi) is 6.48. The third-order valence-electron chi connectivity index (χ3n) is 5.78. The molecular weight excluding hydrogens is 344 g/mol. The number of rotatable bonds is 5. The van der Waals surface area contributed by atoms with E-state index in [-0.39, 0.29) is 17.9 Å². The van der Waals surface area contributed by atoms with Gasteiger partial charge in [0.05, 0.1) is 11.3 Å². The van der Waals surface area contributed by atoms with Crippen LogP contribution >= 0.6 is 0 Å². The largest absolute Gasteiger partial charge is 0.550 e. The fourth-order valence-corrected chi connectivity index (χ4v) is 4.25. The number of carboxylic acids is 1. The van der Waals surface area contributed by atoms with Crippen LogP contribution in [0.5, 0.6) is 0 Å². The summed E-state index contributed by atoms with van der Waals surface area (Å²) in [6.45, 7) is 0. The summed E-state index contributed by atoms with van der Waals surface area (Å²) >= 11 is 0. The van der Waals surface area contributed by atoms with Gasteiger partial charge in [-0.1, -0.05) is 44.2 Å². The first-order valence-electron chi connectivity index (χ1n) is 9.98. The van der Waals surface area contributed by atoms with Gasteiger partial charge in [-0.3, -0.25) is 9.59 Å². The SMILES string of the molecule is O=C(NC1CCCCC1)c1ccccc1NC(=O)[C@H]1CCCC[C@H]1C(=O)[O-]. The van der Waals surface area contributed by atoms with E-state index >= 15 is 0 Å². The number of amides is 2. The lowest BCUT2D eigenvalue weighted by Crippen LogP contribution is -2.42. The molecule has 2 N–H and O–H groups in total. The van der Waals surface area contributed by atoms with E-state index < -0.39 is 17.8 Å². The third-order valence-corrected chi connectivity index (χ3v) is 5.78. The quantitative estimate of drug-likeness (QED) is 0.829. The minimum atomic E-state index is -1.17. The highest BCUT2D eigenvalue weighted by molar-refractivity contribution is 6.04. The number of carbonyl (C=O) groups excluding carboxylic acids is 3. The fourth-order valence-electron chi connectivity index (χ4n) is 4.25. The van der Waals surface area contributed by atoms with Crippen molar-refractivity contribution < 1.29 is 19.5 Å². The Labute approximate surface area is 159 Å². The van der Waals surface area contributed by atoms with Crippen LogP contribution in [0.15, 0.2) is 24.3 Å². The molecule has 2 atom stereocenters. The molecule has 0 bridgehead atoms. The molecule has 27 heavy (non-hydrogen) atoms. The van der Waals surface area contributed by atoms with Crippen molar-refractivity contribution in [3.63, 3.8) is 0 Å². The lowest BCUT2D eigenvalue weighted by Gasteiger charge is -2.31. The first-order valence-corrected chi connectivity index (χ1v) is 9.98. The van der Waals surface area contributed by atoms with E-state index in [1.807, 2.05) is 0 Å². The lowest BCUT2D eigenvalue weighted by atomic mass is 9.78. The van der Waals surface area contributed by atoms with Crippen LogP contribution in [0, 0.1) is 11.8 Å². The van der Waals surface area contributed by atoms with Crippen molar-refractivity contribution in [3.8, 4) is 0 Å². The van der Waals surface area contributed by atoms with Crippen LogP contribution in [0.4, 0.5) is 5.69 Å². The zero-order valence-electron chi connectivity index (χ0n) is 15.5. The number of anilines is 1. The Morgan fingerprint density at radius 2 is 1.48 bits per heavy atom. The van der Waals surface area contributed by atoms with Gasteiger partial charge in [-0.05, 0) is 37.8 Å². The lowest BCUT2D eigenvalue weighted by molar-refractivity contribution is -0.313. The molecule has 3 rings (SSSR count). The molecule has 0 aliphatic heterocycles. The molecule has 146 valence electrons. The molecule has 2 aliphatic carbocycles. The number of para-hydroxylation sites is 1. The third kappa shape index (κ3) is 4.87. The van der Waals surface area contributed by atoms with Crippen molar-refractivity contribution in [2.45, 2.75) is 63.8 Å². The van der Waals surface area contributed by atoms with E-state index in [4.69, 9.17) is 0 Å². The molecule has 0 saturated heterocycles. The van der Waals surface area contributed by atoms with Crippen molar-refractivity contribution >= 4 is 23.5 Å². The van der Waals surface area contributed by atoms with Gasteiger partial charge in [0.15, 0.2) is 0 Å². The van der Waals surface area contributed by atoms with Gasteiger partial charge in [0, 0.05) is 23.8 Å². The molecular formula is C21H27N2O4-. The maximum absolute atomic E-state index is 12.7. The Bertz CT molecular complexity index is 697. The van der Waals surface area contributed by atoms with Gasteiger partial charge in [0.2, 0.25) is 5.91 Å². The standard InChI is InChI=1S/C21H28N2O4/c24-19(15-10-4-5-11-16(15)21(26)27)23-18-13-7-6-12-17(18)20(25)22-14-8-2-1-3-9-14/h6-7,12-16H,1-5,8-11H2,(H,22,25)(H,23,24)(H,26,27)/p-1/t15-,16+/m0/s1. The molecule has 1 aromatic carbocycles. The molecule has 2 aliphatic rings. The number of carbonyl (C=O) groups is 3. The first kappa shape index (κ1) is 19.4. The number of carboxylic acid groups (broad SMARTS) is 1. The molecule has 6 nitrogen and oxygen atoms in total. The van der Waals surface area contributed by atoms with Crippen LogP contribution in [0.2, 0.25) is 0 Å². The number of aliphatic carboxylic acids is 1. The fraction of sp³-hybridized carbons (Fsp3) is 0.571. The predicted octanol–water partition coefficient (Wildman–Crippen LogP) is 2.24. The summed E-state index contributed by atoms with van der Waals surface area (Å²) in [5.41, 5.74) is 0.843. The molecule has 2 fully saturated rings. The number of hydrogen-bond acceptors (Lipinski definition) is 4. The molecule has 6 heteroatoms. The summed E-state index contributed by atoms with van der Waals surface area (Å²) in [4.78, 5) is 36.8. The maximum atomic E-state index is 12.7. The van der Waals surface area contributed by atoms with Gasteiger partial charge >= 0.3 is 0 Å². The molecule has 0 spiro atoms. The summed E-state index contributed by atoms with van der Waals surface area (Å²) in [6.07, 6.45) is 8.02. The average Bonchev–Trinajstić information content (AvgIpc) is 2.69. The molecule has 1 aromatic rings. The highest BCUT2D eigenvalue weighted by Gasteiger charge is 2.32. The van der Waals surface area contributed by atoms with Gasteiger partial charge in [-0.25, -0.2) is 0 Å². The summed E-state index contributed by atoms with van der Waals surface area (Å²) in [5.74, 6) is -3.09. The Balaban J connectivity index is 1.70. The van der Waals surface area contributed by atoms with Gasteiger partial charge in [-0.2, -0.15) is 0 Å². The van der Waals surface area contributed by atoms with Gasteiger partial charge < -0.3 is 20.5 Å². The van der Waals surface area contributed by atoms with Crippen LogP contribution in [0.25, 0.3) is 0 Å². The number of benzene rings is 1. The Hall–Kier alpha value is -2.37. The Morgan fingerprint density at radius 3 is 2.19 bits per heavy atom. The molecule has 0 heterocycles. The monoisotopic (exact) mass is 371 g/mol. The summed E-state index contributed by atoms with van der Waals surface area (Å²) < 4.78 is 0. The molecule has 2 saturated carbocycles. The van der Waals surface area contributed by atoms with Crippen molar-refractivity contribution in [3.05, 3.63) is 29.8 Å². The normalized spacial score (nSPS) is 23.4. The summed E-state index contributed by atoms with van der Waals surface area (Å²) in [6, 6.07) is 7.06. The van der Waals surface area contributed by atoms with Gasteiger partial charge in [0.1, 0.15) is 0 Å². The summed E-state index contributed by atoms with van der Waals surface area (Å²) in [7, 11) is 0. The summed E-state index contributed by atoms with van der Waals surface area (Å²) in [5, 5.41) is 17.2. The maximum Gasteiger partial charge on any atom is 0.253 e. The molecule has 0 unspecified atom stereocenters. The molecule has 0 aromatic heterocycles. The minimum Gasteiger partial charge on any atom is -0.550 e. The first-order chi connectivity index (χ1) is 13.1. The topological polar surface area (TPSA) is 98.3 Å². The van der Waals surface area contributed by atoms with Gasteiger partial charge in [-0.15, -0.1) is 0 Å². The van der Waals surface area contributed by atoms with E-state index in [0.29, 0.717) is 24.1 Å². The van der Waals surface area contributed by atoms with Crippen LogP contribution in [-0.4, -0.2) is 23.8 Å². The van der Waals surface area contributed by atoms with Crippen molar-refractivity contribution in [2.75, 3.05) is 5.32 Å². The van der Waals surface area contributed by atoms with E-state index in [1.165, 1.54) is 6.42 Å². The van der Waals surface area contributed by atoms with E-state index in [9.17, 15) is 19.5 Å². The zero-order valence-corrected chi connectivity index (χ0v) is 15.5. The average molecular weight is 371 g/mol. The van der Waals surface area contributed by atoms with Crippen molar-refractivity contribution in [2.24, 2.45) is 11.8 Å². The zero-order chi connectivity index (χ0) is 19.2. The highest BCUT2D eigenvalue weighted by Crippen LogP contribution is 2.31. The smallest absolute Gasteiger partial charge is 0.253 e. The van der Waals surface area contributed by atoms with Crippen LogP contribution in [0.1, 0.15) is 68.1 Å². The molecule has 2 amide bonds. The number of hydrogen-bond donors (Lipinski definition) is 2. The second-order valence-electron chi connectivity index (χ2n) is 7.66. The Morgan fingerprint density at radius 1 is 0.852 bits per heavy atom. The van der Waals surface area contributed by atoms with Crippen LogP contribution < -0.4 is 15.7 Å². The molecule has 0 radical (unpaired) electrons. The highest BCUT2D eigenvalue weighted by atomic mass is 16.4. The van der Waals surface area contributed by atoms with E-state index in [1.54, 1.807) is 24.3 Å². The predicted molar refractivity (Wildman–Crippen MR) is 99.9 cm³/mol.